The van der Waals surface area contributed by atoms with Gasteiger partial charge in [0.1, 0.15) is 11.5 Å². The van der Waals surface area contributed by atoms with E-state index in [1.807, 2.05) is 84.9 Å². The Bertz CT molecular complexity index is 1270. The number of benzene rings is 3. The van der Waals surface area contributed by atoms with Crippen molar-refractivity contribution in [3.05, 3.63) is 103 Å². The van der Waals surface area contributed by atoms with E-state index in [9.17, 15) is 4.79 Å². The van der Waals surface area contributed by atoms with E-state index in [-0.39, 0.29) is 5.91 Å². The predicted molar refractivity (Wildman–Crippen MR) is 116 cm³/mol. The second-order valence-corrected chi connectivity index (χ2v) is 6.92. The fourth-order valence-electron chi connectivity index (χ4n) is 3.41. The van der Waals surface area contributed by atoms with E-state index in [1.54, 1.807) is 10.9 Å². The molecule has 1 amide bonds. The lowest BCUT2D eigenvalue weighted by molar-refractivity contribution is 0.0950. The smallest absolute Gasteiger partial charge is 0.255 e. The van der Waals surface area contributed by atoms with Gasteiger partial charge < -0.3 is 10.3 Å². The van der Waals surface area contributed by atoms with Crippen molar-refractivity contribution < 1.29 is 4.79 Å². The highest BCUT2D eigenvalue weighted by Gasteiger charge is 2.18. The molecule has 0 aliphatic carbocycles. The van der Waals surface area contributed by atoms with Gasteiger partial charge in [-0.3, -0.25) is 4.79 Å². The van der Waals surface area contributed by atoms with Gasteiger partial charge in [0, 0.05) is 11.8 Å². The standard InChI is InChI=1S/C24H19N5O/c30-24(25-15-22-26-20-13-7-8-14-21(20)27-22)19-16-29(18-11-5-2-6-12-18)28-23(19)17-9-3-1-4-10-17/h1-14,16H,15H2,(H,25,30)(H,26,27). The molecule has 0 aliphatic rings. The lowest BCUT2D eigenvalue weighted by atomic mass is 10.1. The molecule has 5 rings (SSSR count). The first-order chi connectivity index (χ1) is 14.8. The van der Waals surface area contributed by atoms with Crippen LogP contribution < -0.4 is 5.32 Å². The van der Waals surface area contributed by atoms with Crippen molar-refractivity contribution in [1.29, 1.82) is 0 Å². The molecule has 2 N–H and O–H groups in total. The molecule has 0 bridgehead atoms. The molecule has 2 heterocycles. The van der Waals surface area contributed by atoms with Crippen molar-refractivity contribution in [3.8, 4) is 16.9 Å². The number of carbonyl (C=O) groups excluding carboxylic acids is 1. The Morgan fingerprint density at radius 3 is 2.37 bits per heavy atom. The van der Waals surface area contributed by atoms with Crippen LogP contribution in [-0.4, -0.2) is 25.7 Å². The first kappa shape index (κ1) is 17.9. The molecule has 0 atom stereocenters. The van der Waals surface area contributed by atoms with E-state index < -0.39 is 0 Å². The van der Waals surface area contributed by atoms with Crippen LogP contribution in [0.3, 0.4) is 0 Å². The van der Waals surface area contributed by atoms with Crippen LogP contribution in [0.4, 0.5) is 0 Å². The van der Waals surface area contributed by atoms with Gasteiger partial charge in [0.05, 0.1) is 28.8 Å². The molecule has 6 heteroatoms. The highest BCUT2D eigenvalue weighted by atomic mass is 16.1. The van der Waals surface area contributed by atoms with Gasteiger partial charge >= 0.3 is 0 Å². The molecule has 0 saturated carbocycles. The molecule has 0 spiro atoms. The minimum atomic E-state index is -0.198. The largest absolute Gasteiger partial charge is 0.345 e. The Morgan fingerprint density at radius 1 is 0.900 bits per heavy atom. The molecule has 6 nitrogen and oxygen atoms in total. The van der Waals surface area contributed by atoms with Crippen LogP contribution in [0.15, 0.2) is 91.1 Å². The number of aromatic nitrogens is 4. The van der Waals surface area contributed by atoms with Crippen molar-refractivity contribution in [3.63, 3.8) is 0 Å². The molecule has 146 valence electrons. The number of para-hydroxylation sites is 3. The molecule has 3 aromatic carbocycles. The number of aromatic amines is 1. The summed E-state index contributed by atoms with van der Waals surface area (Å²) < 4.78 is 1.73. The maximum Gasteiger partial charge on any atom is 0.255 e. The van der Waals surface area contributed by atoms with Crippen molar-refractivity contribution >= 4 is 16.9 Å². The number of H-pyrrole nitrogens is 1. The summed E-state index contributed by atoms with van der Waals surface area (Å²) in [5.74, 6) is 0.512. The van der Waals surface area contributed by atoms with Crippen molar-refractivity contribution in [2.45, 2.75) is 6.54 Å². The summed E-state index contributed by atoms with van der Waals surface area (Å²) in [6.45, 7) is 0.304. The number of imidazole rings is 1. The van der Waals surface area contributed by atoms with Gasteiger partial charge in [-0.2, -0.15) is 5.10 Å². The van der Waals surface area contributed by atoms with Crippen LogP contribution in [-0.2, 0) is 6.54 Å². The van der Waals surface area contributed by atoms with Crippen molar-refractivity contribution in [2.24, 2.45) is 0 Å². The molecule has 0 radical (unpaired) electrons. The van der Waals surface area contributed by atoms with Gasteiger partial charge in [-0.1, -0.05) is 60.7 Å². The number of fused-ring (bicyclic) bond motifs is 1. The summed E-state index contributed by atoms with van der Waals surface area (Å²) >= 11 is 0. The maximum atomic E-state index is 13.1. The number of carbonyl (C=O) groups is 1. The van der Waals surface area contributed by atoms with E-state index in [4.69, 9.17) is 5.10 Å². The number of nitrogens with zero attached hydrogens (tertiary/aromatic N) is 3. The average molecular weight is 393 g/mol. The zero-order valence-electron chi connectivity index (χ0n) is 16.1. The van der Waals surface area contributed by atoms with Crippen molar-refractivity contribution in [1.82, 2.24) is 25.1 Å². The second kappa shape index (κ2) is 7.67. The molecule has 30 heavy (non-hydrogen) atoms. The van der Waals surface area contributed by atoms with Crippen LogP contribution in [0, 0.1) is 0 Å². The Balaban J connectivity index is 1.45. The lowest BCUT2D eigenvalue weighted by Gasteiger charge is -2.04. The van der Waals surface area contributed by atoms with Gasteiger partial charge in [-0.05, 0) is 24.3 Å². The third kappa shape index (κ3) is 3.46. The molecule has 0 saturated heterocycles. The van der Waals surface area contributed by atoms with Gasteiger partial charge in [-0.25, -0.2) is 9.67 Å². The quantitative estimate of drug-likeness (QED) is 0.466. The molecule has 0 aliphatic heterocycles. The van der Waals surface area contributed by atoms with Gasteiger partial charge in [-0.15, -0.1) is 0 Å². The zero-order chi connectivity index (χ0) is 20.3. The monoisotopic (exact) mass is 393 g/mol. The highest BCUT2D eigenvalue weighted by molar-refractivity contribution is 5.99. The van der Waals surface area contributed by atoms with E-state index in [0.717, 1.165) is 22.3 Å². The Labute approximate surface area is 173 Å². The summed E-state index contributed by atoms with van der Waals surface area (Å²) in [5, 5.41) is 7.66. The minimum absolute atomic E-state index is 0.198. The van der Waals surface area contributed by atoms with Crippen LogP contribution in [0.2, 0.25) is 0 Å². The maximum absolute atomic E-state index is 13.1. The highest BCUT2D eigenvalue weighted by Crippen LogP contribution is 2.23. The average Bonchev–Trinajstić information content (AvgIpc) is 3.43. The summed E-state index contributed by atoms with van der Waals surface area (Å²) in [6.07, 6.45) is 1.77. The summed E-state index contributed by atoms with van der Waals surface area (Å²) in [6, 6.07) is 27.3. The molecule has 2 aromatic heterocycles. The van der Waals surface area contributed by atoms with E-state index in [2.05, 4.69) is 15.3 Å². The predicted octanol–water partition coefficient (Wildman–Crippen LogP) is 4.35. The Kier molecular flexibility index (Phi) is 4.57. The number of rotatable bonds is 5. The molecular formula is C24H19N5O. The van der Waals surface area contributed by atoms with Crippen LogP contribution in [0.25, 0.3) is 28.0 Å². The molecule has 0 fully saturated rings. The SMILES string of the molecule is O=C(NCc1nc2ccccc2[nH]1)c1cn(-c2ccccc2)nc1-c1ccccc1. The molecule has 0 unspecified atom stereocenters. The van der Waals surface area contributed by atoms with E-state index in [1.165, 1.54) is 0 Å². The first-order valence-electron chi connectivity index (χ1n) is 9.70. The van der Waals surface area contributed by atoms with Gasteiger partial charge in [0.2, 0.25) is 0 Å². The van der Waals surface area contributed by atoms with E-state index >= 15 is 0 Å². The summed E-state index contributed by atoms with van der Waals surface area (Å²) in [7, 11) is 0. The minimum Gasteiger partial charge on any atom is -0.345 e. The van der Waals surface area contributed by atoms with Crippen molar-refractivity contribution in [2.75, 3.05) is 0 Å². The summed E-state index contributed by atoms with van der Waals surface area (Å²) in [4.78, 5) is 20.8. The second-order valence-electron chi connectivity index (χ2n) is 6.92. The normalized spacial score (nSPS) is 10.9. The number of amides is 1. The van der Waals surface area contributed by atoms with Crippen LogP contribution >= 0.6 is 0 Å². The topological polar surface area (TPSA) is 75.6 Å². The lowest BCUT2D eigenvalue weighted by Crippen LogP contribution is -2.23. The third-order valence-corrected chi connectivity index (χ3v) is 4.88. The number of hydrogen-bond donors (Lipinski definition) is 2. The Hall–Kier alpha value is -4.19. The number of nitrogens with one attached hydrogen (secondary N) is 2. The zero-order valence-corrected chi connectivity index (χ0v) is 16.1. The Morgan fingerprint density at radius 2 is 1.60 bits per heavy atom. The fraction of sp³-hybridized carbons (Fsp3) is 0.0417. The molecule has 5 aromatic rings. The van der Waals surface area contributed by atoms with Gasteiger partial charge in [0.25, 0.3) is 5.91 Å². The van der Waals surface area contributed by atoms with Crippen LogP contribution in [0.5, 0.6) is 0 Å². The third-order valence-electron chi connectivity index (χ3n) is 4.88. The van der Waals surface area contributed by atoms with E-state index in [0.29, 0.717) is 23.6 Å². The molecular weight excluding hydrogens is 374 g/mol. The number of hydrogen-bond acceptors (Lipinski definition) is 3. The first-order valence-corrected chi connectivity index (χ1v) is 9.70. The van der Waals surface area contributed by atoms with Crippen LogP contribution in [0.1, 0.15) is 16.2 Å². The summed E-state index contributed by atoms with van der Waals surface area (Å²) in [5.41, 5.74) is 4.77. The fourth-order valence-corrected chi connectivity index (χ4v) is 3.41. The van der Waals surface area contributed by atoms with Gasteiger partial charge in [0.15, 0.2) is 0 Å².